The number of aromatic nitrogens is 2. The topological polar surface area (TPSA) is 72.4 Å². The van der Waals surface area contributed by atoms with E-state index < -0.39 is 10.0 Å². The van der Waals surface area contributed by atoms with Crippen molar-refractivity contribution in [3.8, 4) is 5.88 Å². The van der Waals surface area contributed by atoms with Crippen LogP contribution >= 0.6 is 11.6 Å². The van der Waals surface area contributed by atoms with Crippen molar-refractivity contribution < 1.29 is 13.2 Å². The van der Waals surface area contributed by atoms with Gasteiger partial charge in [-0.15, -0.1) is 5.10 Å². The standard InChI is InChI=1S/C17H20ClN3O3S/c1-12-6-7-17(20-19-12)24-14-8-10-21(11-9-14)25(22,23)16-5-3-4-15(18)13(16)2/h3-7,14H,8-11H2,1-2H3. The van der Waals surface area contributed by atoms with Gasteiger partial charge in [0.2, 0.25) is 15.9 Å². The Morgan fingerprint density at radius 3 is 2.48 bits per heavy atom. The quantitative estimate of drug-likeness (QED) is 0.814. The van der Waals surface area contributed by atoms with Gasteiger partial charge in [0.05, 0.1) is 10.6 Å². The normalized spacial score (nSPS) is 16.8. The number of halogens is 1. The predicted octanol–water partition coefficient (Wildman–Crippen LogP) is 2.98. The van der Waals surface area contributed by atoms with Crippen LogP contribution in [0.15, 0.2) is 35.2 Å². The lowest BCUT2D eigenvalue weighted by Gasteiger charge is -2.31. The minimum absolute atomic E-state index is 0.0658. The van der Waals surface area contributed by atoms with Gasteiger partial charge in [-0.05, 0) is 50.5 Å². The molecule has 0 atom stereocenters. The predicted molar refractivity (Wildman–Crippen MR) is 95.4 cm³/mol. The summed E-state index contributed by atoms with van der Waals surface area (Å²) in [7, 11) is -3.55. The van der Waals surface area contributed by atoms with Gasteiger partial charge in [0, 0.05) is 24.2 Å². The molecule has 1 fully saturated rings. The lowest BCUT2D eigenvalue weighted by Crippen LogP contribution is -2.42. The number of benzene rings is 1. The fourth-order valence-corrected chi connectivity index (χ4v) is 4.76. The molecule has 0 unspecified atom stereocenters. The molecule has 1 aliphatic heterocycles. The minimum Gasteiger partial charge on any atom is -0.473 e. The highest BCUT2D eigenvalue weighted by atomic mass is 35.5. The summed E-state index contributed by atoms with van der Waals surface area (Å²) >= 11 is 6.07. The van der Waals surface area contributed by atoms with Crippen LogP contribution in [0.4, 0.5) is 0 Å². The Morgan fingerprint density at radius 1 is 1.12 bits per heavy atom. The van der Waals surface area contributed by atoms with Gasteiger partial charge in [-0.2, -0.15) is 9.40 Å². The van der Waals surface area contributed by atoms with Gasteiger partial charge in [0.15, 0.2) is 0 Å². The van der Waals surface area contributed by atoms with Crippen LogP contribution in [-0.2, 0) is 10.0 Å². The van der Waals surface area contributed by atoms with Crippen molar-refractivity contribution in [1.82, 2.24) is 14.5 Å². The smallest absolute Gasteiger partial charge is 0.243 e. The fraction of sp³-hybridized carbons (Fsp3) is 0.412. The summed E-state index contributed by atoms with van der Waals surface area (Å²) in [5.41, 5.74) is 1.41. The number of ether oxygens (including phenoxy) is 1. The monoisotopic (exact) mass is 381 g/mol. The first kappa shape index (κ1) is 18.1. The largest absolute Gasteiger partial charge is 0.473 e. The van der Waals surface area contributed by atoms with Gasteiger partial charge in [-0.1, -0.05) is 17.7 Å². The second kappa shape index (κ2) is 7.27. The number of hydrogen-bond donors (Lipinski definition) is 0. The first-order chi connectivity index (χ1) is 11.9. The van der Waals surface area contributed by atoms with Crippen LogP contribution < -0.4 is 4.74 Å². The minimum atomic E-state index is -3.55. The Balaban J connectivity index is 1.67. The van der Waals surface area contributed by atoms with Crippen LogP contribution in [-0.4, -0.2) is 42.1 Å². The van der Waals surface area contributed by atoms with E-state index >= 15 is 0 Å². The molecule has 1 aromatic carbocycles. The number of piperidine rings is 1. The molecule has 0 saturated carbocycles. The first-order valence-electron chi connectivity index (χ1n) is 8.10. The van der Waals surface area contributed by atoms with E-state index in [4.69, 9.17) is 16.3 Å². The summed E-state index contributed by atoms with van der Waals surface area (Å²) in [6.07, 6.45) is 1.15. The Morgan fingerprint density at radius 2 is 1.84 bits per heavy atom. The number of aryl methyl sites for hydroxylation is 1. The molecule has 0 aliphatic carbocycles. The van der Waals surface area contributed by atoms with Crippen molar-refractivity contribution >= 4 is 21.6 Å². The summed E-state index contributed by atoms with van der Waals surface area (Å²) in [4.78, 5) is 0.267. The summed E-state index contributed by atoms with van der Waals surface area (Å²) in [5.74, 6) is 0.470. The molecular weight excluding hydrogens is 362 g/mol. The lowest BCUT2D eigenvalue weighted by molar-refractivity contribution is 0.128. The molecule has 2 aromatic rings. The van der Waals surface area contributed by atoms with Crippen molar-refractivity contribution in [2.45, 2.75) is 37.7 Å². The van der Waals surface area contributed by atoms with E-state index in [0.29, 0.717) is 42.4 Å². The number of rotatable bonds is 4. The molecule has 6 nitrogen and oxygen atoms in total. The van der Waals surface area contributed by atoms with E-state index in [1.165, 1.54) is 4.31 Å². The summed E-state index contributed by atoms with van der Waals surface area (Å²) in [6, 6.07) is 8.57. The Bertz CT molecular complexity index is 848. The highest BCUT2D eigenvalue weighted by Crippen LogP contribution is 2.28. The van der Waals surface area contributed by atoms with E-state index in [1.54, 1.807) is 31.2 Å². The van der Waals surface area contributed by atoms with E-state index in [2.05, 4.69) is 10.2 Å². The molecule has 0 N–H and O–H groups in total. The molecule has 0 amide bonds. The average molecular weight is 382 g/mol. The zero-order valence-corrected chi connectivity index (χ0v) is 15.7. The molecule has 8 heteroatoms. The SMILES string of the molecule is Cc1ccc(OC2CCN(S(=O)(=O)c3cccc(Cl)c3C)CC2)nn1. The van der Waals surface area contributed by atoms with E-state index in [1.807, 2.05) is 13.0 Å². The lowest BCUT2D eigenvalue weighted by atomic mass is 10.1. The second-order valence-electron chi connectivity index (χ2n) is 6.10. The van der Waals surface area contributed by atoms with E-state index in [0.717, 1.165) is 5.69 Å². The van der Waals surface area contributed by atoms with Gasteiger partial charge in [0.1, 0.15) is 6.10 Å². The maximum atomic E-state index is 12.9. The maximum absolute atomic E-state index is 12.9. The molecule has 2 heterocycles. The Kier molecular flexibility index (Phi) is 5.27. The highest BCUT2D eigenvalue weighted by molar-refractivity contribution is 7.89. The Hall–Kier alpha value is -1.70. The van der Waals surface area contributed by atoms with Crippen molar-refractivity contribution in [3.63, 3.8) is 0 Å². The zero-order chi connectivity index (χ0) is 18.0. The molecule has 1 aromatic heterocycles. The zero-order valence-electron chi connectivity index (χ0n) is 14.1. The third kappa shape index (κ3) is 3.94. The van der Waals surface area contributed by atoms with Crippen LogP contribution in [0.25, 0.3) is 0 Å². The number of sulfonamides is 1. The fourth-order valence-electron chi connectivity index (χ4n) is 2.82. The maximum Gasteiger partial charge on any atom is 0.243 e. The summed E-state index contributed by atoms with van der Waals surface area (Å²) < 4.78 is 33.0. The molecule has 0 radical (unpaired) electrons. The molecule has 3 rings (SSSR count). The van der Waals surface area contributed by atoms with Crippen molar-refractivity contribution in [3.05, 3.63) is 46.6 Å². The average Bonchev–Trinajstić information content (AvgIpc) is 2.60. The van der Waals surface area contributed by atoms with Crippen LogP contribution in [0.1, 0.15) is 24.1 Å². The molecule has 134 valence electrons. The third-order valence-corrected chi connectivity index (χ3v) is 6.75. The summed E-state index contributed by atoms with van der Waals surface area (Å²) in [5, 5.41) is 8.41. The third-order valence-electron chi connectivity index (χ3n) is 4.30. The van der Waals surface area contributed by atoms with Crippen molar-refractivity contribution in [2.24, 2.45) is 0 Å². The van der Waals surface area contributed by atoms with Crippen LogP contribution in [0.3, 0.4) is 0 Å². The highest BCUT2D eigenvalue weighted by Gasteiger charge is 2.31. The van der Waals surface area contributed by atoms with Crippen molar-refractivity contribution in [2.75, 3.05) is 13.1 Å². The summed E-state index contributed by atoms with van der Waals surface area (Å²) in [6.45, 7) is 4.38. The Labute approximate surface area is 152 Å². The van der Waals surface area contributed by atoms with Gasteiger partial charge < -0.3 is 4.74 Å². The van der Waals surface area contributed by atoms with Crippen LogP contribution in [0.5, 0.6) is 5.88 Å². The van der Waals surface area contributed by atoms with Crippen molar-refractivity contribution in [1.29, 1.82) is 0 Å². The van der Waals surface area contributed by atoms with E-state index in [9.17, 15) is 8.42 Å². The molecule has 0 spiro atoms. The second-order valence-corrected chi connectivity index (χ2v) is 8.41. The first-order valence-corrected chi connectivity index (χ1v) is 9.92. The van der Waals surface area contributed by atoms with Gasteiger partial charge in [-0.3, -0.25) is 0 Å². The van der Waals surface area contributed by atoms with E-state index in [-0.39, 0.29) is 11.0 Å². The molecule has 1 aliphatic rings. The van der Waals surface area contributed by atoms with Crippen LogP contribution in [0.2, 0.25) is 5.02 Å². The molecule has 0 bridgehead atoms. The molecular formula is C17H20ClN3O3S. The van der Waals surface area contributed by atoms with Gasteiger partial charge in [-0.25, -0.2) is 8.42 Å². The number of nitrogens with zero attached hydrogens (tertiary/aromatic N) is 3. The number of hydrogen-bond acceptors (Lipinski definition) is 5. The molecule has 1 saturated heterocycles. The molecule has 25 heavy (non-hydrogen) atoms. The van der Waals surface area contributed by atoms with Crippen LogP contribution in [0, 0.1) is 13.8 Å². The van der Waals surface area contributed by atoms with Gasteiger partial charge >= 0.3 is 0 Å². The van der Waals surface area contributed by atoms with Gasteiger partial charge in [0.25, 0.3) is 0 Å².